The van der Waals surface area contributed by atoms with Gasteiger partial charge in [0.1, 0.15) is 0 Å². The Balaban J connectivity index is 3.06. The molecule has 0 spiro atoms. The van der Waals surface area contributed by atoms with Crippen molar-refractivity contribution in [1.82, 2.24) is 0 Å². The first-order valence-corrected chi connectivity index (χ1v) is 4.87. The quantitative estimate of drug-likeness (QED) is 0.655. The molecule has 0 aromatic rings. The summed E-state index contributed by atoms with van der Waals surface area (Å²) in [4.78, 5) is 0. The van der Waals surface area contributed by atoms with Crippen LogP contribution in [0.4, 0.5) is 0 Å². The van der Waals surface area contributed by atoms with Crippen molar-refractivity contribution in [2.75, 3.05) is 0 Å². The molecule has 0 aromatic heterocycles. The van der Waals surface area contributed by atoms with Gasteiger partial charge in [-0.3, -0.25) is 0 Å². The van der Waals surface area contributed by atoms with Crippen LogP contribution in [0.25, 0.3) is 0 Å². The van der Waals surface area contributed by atoms with Gasteiger partial charge in [-0.15, -0.1) is 0 Å². The zero-order chi connectivity index (χ0) is 9.90. The van der Waals surface area contributed by atoms with Crippen molar-refractivity contribution < 1.29 is 0 Å². The fourth-order valence-corrected chi connectivity index (χ4v) is 1.36. The summed E-state index contributed by atoms with van der Waals surface area (Å²) in [6.07, 6.45) is 10.3. The highest BCUT2D eigenvalue weighted by atomic mass is 32.1. The second kappa shape index (κ2) is 3.97. The lowest BCUT2D eigenvalue weighted by Gasteiger charge is -2.26. The topological polar surface area (TPSA) is 12.4 Å². The summed E-state index contributed by atoms with van der Waals surface area (Å²) in [7, 11) is 0. The van der Waals surface area contributed by atoms with E-state index in [4.69, 9.17) is 12.4 Å². The molecule has 1 nitrogen and oxygen atoms in total. The maximum Gasteiger partial charge on any atom is 0.0738 e. The predicted octanol–water partition coefficient (Wildman–Crippen LogP) is 3.39. The minimum atomic E-state index is 0.0706. The van der Waals surface area contributed by atoms with Crippen LogP contribution in [0.5, 0.6) is 0 Å². The van der Waals surface area contributed by atoms with Crippen LogP contribution in [0.1, 0.15) is 20.8 Å². The van der Waals surface area contributed by atoms with E-state index < -0.39 is 0 Å². The highest BCUT2D eigenvalue weighted by Crippen LogP contribution is 2.33. The molecule has 0 fully saturated rings. The molecule has 0 amide bonds. The van der Waals surface area contributed by atoms with Crippen molar-refractivity contribution in [3.63, 3.8) is 0 Å². The van der Waals surface area contributed by atoms with Gasteiger partial charge >= 0.3 is 0 Å². The van der Waals surface area contributed by atoms with Crippen LogP contribution in [-0.4, -0.2) is 0 Å². The minimum absolute atomic E-state index is 0.0706. The van der Waals surface area contributed by atoms with Crippen molar-refractivity contribution in [2.24, 2.45) is 15.7 Å². The van der Waals surface area contributed by atoms with Crippen LogP contribution in [0.3, 0.4) is 0 Å². The molecule has 13 heavy (non-hydrogen) atoms. The molecule has 0 radical (unpaired) electrons. The molecule has 1 aliphatic rings. The lowest BCUT2D eigenvalue weighted by molar-refractivity contribution is 0.382. The molecule has 0 saturated heterocycles. The molecule has 1 unspecified atom stereocenters. The molecular weight excluding hydrogens is 178 g/mol. The molecule has 0 aliphatic heterocycles. The zero-order valence-electron chi connectivity index (χ0n) is 8.32. The van der Waals surface area contributed by atoms with Gasteiger partial charge in [0.15, 0.2) is 0 Å². The Morgan fingerprint density at radius 2 is 2.08 bits per heavy atom. The lowest BCUT2D eigenvalue weighted by Crippen LogP contribution is -2.17. The molecule has 0 aromatic carbocycles. The monoisotopic (exact) mass is 193 g/mol. The van der Waals surface area contributed by atoms with Crippen molar-refractivity contribution >= 4 is 12.4 Å². The predicted molar refractivity (Wildman–Crippen MR) is 59.1 cm³/mol. The maximum atomic E-state index is 4.70. The van der Waals surface area contributed by atoms with E-state index in [1.807, 2.05) is 12.2 Å². The third-order valence-corrected chi connectivity index (χ3v) is 2.85. The van der Waals surface area contributed by atoms with Gasteiger partial charge in [-0.1, -0.05) is 39.0 Å². The second-order valence-corrected chi connectivity index (χ2v) is 4.08. The Morgan fingerprint density at radius 1 is 1.38 bits per heavy atom. The molecule has 1 aliphatic carbocycles. The Kier molecular flexibility index (Phi) is 3.15. The summed E-state index contributed by atoms with van der Waals surface area (Å²) in [5.41, 5.74) is 0.956. The van der Waals surface area contributed by atoms with Gasteiger partial charge in [-0.25, -0.2) is 0 Å². The summed E-state index contributed by atoms with van der Waals surface area (Å²) in [5, 5.41) is 0. The van der Waals surface area contributed by atoms with E-state index in [0.29, 0.717) is 5.92 Å². The van der Waals surface area contributed by atoms with Crippen LogP contribution in [0.2, 0.25) is 0 Å². The summed E-state index contributed by atoms with van der Waals surface area (Å²) < 4.78 is 3.80. The van der Waals surface area contributed by atoms with Gasteiger partial charge in [0.2, 0.25) is 0 Å². The number of allylic oxidation sites excluding steroid dienone is 5. The van der Waals surface area contributed by atoms with E-state index in [1.165, 1.54) is 0 Å². The molecule has 0 heterocycles. The third-order valence-electron chi connectivity index (χ3n) is 2.64. The van der Waals surface area contributed by atoms with Gasteiger partial charge in [0, 0.05) is 17.8 Å². The van der Waals surface area contributed by atoms with E-state index >= 15 is 0 Å². The Labute approximate surface area is 85.4 Å². The average Bonchev–Trinajstić information content (AvgIpc) is 2.28. The first-order valence-electron chi connectivity index (χ1n) is 4.50. The lowest BCUT2D eigenvalue weighted by atomic mass is 9.78. The van der Waals surface area contributed by atoms with Crippen molar-refractivity contribution in [3.8, 4) is 0 Å². The number of hydrogen-bond acceptors (Lipinski definition) is 2. The zero-order valence-corrected chi connectivity index (χ0v) is 9.14. The van der Waals surface area contributed by atoms with Gasteiger partial charge in [-0.05, 0) is 18.1 Å². The minimum Gasteiger partial charge on any atom is -0.182 e. The van der Waals surface area contributed by atoms with Crippen LogP contribution in [-0.2, 0) is 12.4 Å². The molecule has 2 heteroatoms. The van der Waals surface area contributed by atoms with Gasteiger partial charge < -0.3 is 0 Å². The van der Waals surface area contributed by atoms with Crippen LogP contribution >= 0.6 is 0 Å². The van der Waals surface area contributed by atoms with E-state index in [-0.39, 0.29) is 5.41 Å². The van der Waals surface area contributed by atoms with Crippen LogP contribution in [0, 0.1) is 11.3 Å². The first kappa shape index (κ1) is 10.3. The van der Waals surface area contributed by atoms with Crippen molar-refractivity contribution in [3.05, 3.63) is 36.1 Å². The SMILES string of the molecule is CC(C)C1(C)C=CC=CC(N=S)=C1. The van der Waals surface area contributed by atoms with E-state index in [2.05, 4.69) is 43.4 Å². The fraction of sp³-hybridized carbons (Fsp3) is 0.455. The smallest absolute Gasteiger partial charge is 0.0738 e. The summed E-state index contributed by atoms with van der Waals surface area (Å²) in [6.45, 7) is 6.60. The highest BCUT2D eigenvalue weighted by molar-refractivity contribution is 7.47. The number of rotatable bonds is 2. The maximum absolute atomic E-state index is 4.70. The number of hydrogen-bond donors (Lipinski definition) is 0. The Morgan fingerprint density at radius 3 is 2.62 bits per heavy atom. The average molecular weight is 193 g/mol. The summed E-state index contributed by atoms with van der Waals surface area (Å²) in [5.74, 6) is 0.551. The molecule has 0 N–H and O–H groups in total. The largest absolute Gasteiger partial charge is 0.182 e. The molecular formula is C11H15NS. The molecule has 0 bridgehead atoms. The number of nitrogens with zero attached hydrogens (tertiary/aromatic N) is 1. The highest BCUT2D eigenvalue weighted by Gasteiger charge is 2.23. The van der Waals surface area contributed by atoms with E-state index in [9.17, 15) is 0 Å². The van der Waals surface area contributed by atoms with Crippen LogP contribution < -0.4 is 0 Å². The van der Waals surface area contributed by atoms with E-state index in [0.717, 1.165) is 5.70 Å². The molecule has 0 saturated carbocycles. The second-order valence-electron chi connectivity index (χ2n) is 3.90. The molecule has 1 rings (SSSR count). The normalized spacial score (nSPS) is 27.2. The summed E-state index contributed by atoms with van der Waals surface area (Å²) >= 11 is 4.70. The summed E-state index contributed by atoms with van der Waals surface area (Å²) in [6, 6.07) is 0. The molecule has 1 atom stereocenters. The Bertz CT molecular complexity index is 286. The van der Waals surface area contributed by atoms with Gasteiger partial charge in [-0.2, -0.15) is 4.36 Å². The molecule has 70 valence electrons. The van der Waals surface area contributed by atoms with E-state index in [1.54, 1.807) is 0 Å². The van der Waals surface area contributed by atoms with Gasteiger partial charge in [0.05, 0.1) is 5.70 Å². The third kappa shape index (κ3) is 2.34. The van der Waals surface area contributed by atoms with Crippen LogP contribution in [0.15, 0.2) is 40.4 Å². The fourth-order valence-electron chi connectivity index (χ4n) is 1.25. The van der Waals surface area contributed by atoms with Crippen molar-refractivity contribution in [2.45, 2.75) is 20.8 Å². The first-order chi connectivity index (χ1) is 6.08. The standard InChI is InChI=1S/C11H15NS/c1-9(2)11(3)7-5-4-6-10(8-11)12-13/h4-9H,1-3H3. The Hall–Kier alpha value is -0.760. The van der Waals surface area contributed by atoms with Gasteiger partial charge in [0.25, 0.3) is 0 Å². The van der Waals surface area contributed by atoms with Crippen molar-refractivity contribution in [1.29, 1.82) is 0 Å².